The smallest absolute Gasteiger partial charge is 0.166 e. The predicted octanol–water partition coefficient (Wildman–Crippen LogP) is 2.85. The normalized spacial score (nSPS) is 30.4. The highest BCUT2D eigenvalue weighted by molar-refractivity contribution is 5.99. The molecule has 0 aliphatic carbocycles. The lowest BCUT2D eigenvalue weighted by Crippen LogP contribution is -2.40. The molecule has 2 bridgehead atoms. The van der Waals surface area contributed by atoms with Crippen LogP contribution in [0.1, 0.15) is 41.6 Å². The van der Waals surface area contributed by atoms with E-state index in [1.165, 1.54) is 25.0 Å². The van der Waals surface area contributed by atoms with Crippen LogP contribution in [0.25, 0.3) is 0 Å². The number of ketones is 1. The van der Waals surface area contributed by atoms with Gasteiger partial charge in [-0.15, -0.1) is 0 Å². The fraction of sp³-hybridized carbons (Fsp3) is 0.533. The average Bonchev–Trinajstić information content (AvgIpc) is 2.67. The van der Waals surface area contributed by atoms with Crippen LogP contribution in [-0.4, -0.2) is 17.9 Å². The number of piperidine rings is 1. The molecule has 2 aliphatic heterocycles. The summed E-state index contributed by atoms with van der Waals surface area (Å²) in [4.78, 5) is 12.5. The molecule has 2 fully saturated rings. The molecule has 96 valence electrons. The third kappa shape index (κ3) is 2.07. The Kier molecular flexibility index (Phi) is 2.94. The van der Waals surface area contributed by atoms with Gasteiger partial charge in [0.25, 0.3) is 0 Å². The summed E-state index contributed by atoms with van der Waals surface area (Å²) in [5.41, 5.74) is 1.45. The van der Waals surface area contributed by atoms with E-state index in [-0.39, 0.29) is 17.5 Å². The van der Waals surface area contributed by atoms with Crippen molar-refractivity contribution in [3.05, 3.63) is 35.1 Å². The highest BCUT2D eigenvalue weighted by atomic mass is 19.1. The first-order valence-corrected chi connectivity index (χ1v) is 6.70. The first-order valence-electron chi connectivity index (χ1n) is 6.70. The Morgan fingerprint density at radius 1 is 1.28 bits per heavy atom. The Labute approximate surface area is 107 Å². The average molecular weight is 247 g/mol. The summed E-state index contributed by atoms with van der Waals surface area (Å²) in [5, 5.41) is 3.54. The van der Waals surface area contributed by atoms with Crippen molar-refractivity contribution in [3.63, 3.8) is 0 Å². The molecule has 1 N–H and O–H groups in total. The molecular formula is C15H18FNO. The van der Waals surface area contributed by atoms with Crippen molar-refractivity contribution < 1.29 is 9.18 Å². The largest absolute Gasteiger partial charge is 0.311 e. The number of benzene rings is 1. The molecule has 0 saturated carbocycles. The summed E-state index contributed by atoms with van der Waals surface area (Å²) in [7, 11) is 0. The molecule has 1 aromatic carbocycles. The number of nitrogens with one attached hydrogen (secondary N) is 1. The van der Waals surface area contributed by atoms with Crippen molar-refractivity contribution in [1.29, 1.82) is 0 Å². The van der Waals surface area contributed by atoms with E-state index in [0.29, 0.717) is 17.6 Å². The topological polar surface area (TPSA) is 29.1 Å². The van der Waals surface area contributed by atoms with Crippen LogP contribution in [0, 0.1) is 18.7 Å². The predicted molar refractivity (Wildman–Crippen MR) is 68.1 cm³/mol. The lowest BCUT2D eigenvalue weighted by Gasteiger charge is -2.28. The van der Waals surface area contributed by atoms with E-state index in [1.54, 1.807) is 6.07 Å². The second kappa shape index (κ2) is 4.47. The van der Waals surface area contributed by atoms with Crippen molar-refractivity contribution in [3.8, 4) is 0 Å². The third-order valence-corrected chi connectivity index (χ3v) is 4.30. The van der Waals surface area contributed by atoms with Crippen LogP contribution in [0.4, 0.5) is 4.39 Å². The van der Waals surface area contributed by atoms with Gasteiger partial charge in [0.05, 0.1) is 0 Å². The molecule has 2 atom stereocenters. The van der Waals surface area contributed by atoms with E-state index in [1.807, 2.05) is 6.92 Å². The number of halogens is 1. The van der Waals surface area contributed by atoms with Gasteiger partial charge >= 0.3 is 0 Å². The zero-order valence-corrected chi connectivity index (χ0v) is 10.6. The molecule has 2 nitrogen and oxygen atoms in total. The molecule has 3 rings (SSSR count). The van der Waals surface area contributed by atoms with Crippen LogP contribution in [0.2, 0.25) is 0 Å². The zero-order valence-electron chi connectivity index (χ0n) is 10.6. The standard InChI is InChI=1S/C15H18FNO/c1-9-6-11(16)2-5-14(9)15(18)10-7-12-3-4-13(8-10)17-12/h2,5-6,10,12-13,17H,3-4,7-8H2,1H3. The minimum Gasteiger partial charge on any atom is -0.311 e. The van der Waals surface area contributed by atoms with Gasteiger partial charge in [-0.2, -0.15) is 0 Å². The molecule has 0 aromatic heterocycles. The van der Waals surface area contributed by atoms with Crippen molar-refractivity contribution in [1.82, 2.24) is 5.32 Å². The van der Waals surface area contributed by atoms with Gasteiger partial charge in [0.2, 0.25) is 0 Å². The second-order valence-corrected chi connectivity index (χ2v) is 5.63. The van der Waals surface area contributed by atoms with Crippen molar-refractivity contribution in [2.45, 2.75) is 44.7 Å². The van der Waals surface area contributed by atoms with Gasteiger partial charge in [-0.25, -0.2) is 4.39 Å². The molecule has 0 radical (unpaired) electrons. The lowest BCUT2D eigenvalue weighted by molar-refractivity contribution is 0.0875. The maximum absolute atomic E-state index is 13.1. The number of Topliss-reactive ketones (excluding diaryl/α,β-unsaturated/α-hetero) is 1. The van der Waals surface area contributed by atoms with Crippen LogP contribution in [-0.2, 0) is 0 Å². The molecule has 2 aliphatic rings. The summed E-state index contributed by atoms with van der Waals surface area (Å²) < 4.78 is 13.1. The van der Waals surface area contributed by atoms with Crippen LogP contribution in [0.5, 0.6) is 0 Å². The minimum absolute atomic E-state index is 0.118. The van der Waals surface area contributed by atoms with Crippen LogP contribution in [0.15, 0.2) is 18.2 Å². The van der Waals surface area contributed by atoms with Crippen molar-refractivity contribution in [2.24, 2.45) is 5.92 Å². The van der Waals surface area contributed by atoms with Gasteiger partial charge in [-0.1, -0.05) is 0 Å². The Morgan fingerprint density at radius 2 is 1.94 bits per heavy atom. The maximum Gasteiger partial charge on any atom is 0.166 e. The van der Waals surface area contributed by atoms with Gasteiger partial charge in [0.1, 0.15) is 5.82 Å². The van der Waals surface area contributed by atoms with E-state index in [2.05, 4.69) is 5.32 Å². The van der Waals surface area contributed by atoms with E-state index in [0.717, 1.165) is 18.4 Å². The molecule has 2 unspecified atom stereocenters. The summed E-state index contributed by atoms with van der Waals surface area (Å²) in [5.74, 6) is 0.0493. The minimum atomic E-state index is -0.269. The summed E-state index contributed by atoms with van der Waals surface area (Å²) in [6.45, 7) is 1.81. The van der Waals surface area contributed by atoms with E-state index in [4.69, 9.17) is 0 Å². The number of aryl methyl sites for hydroxylation is 1. The number of hydrogen-bond acceptors (Lipinski definition) is 2. The van der Waals surface area contributed by atoms with Crippen molar-refractivity contribution in [2.75, 3.05) is 0 Å². The van der Waals surface area contributed by atoms with E-state index < -0.39 is 0 Å². The first kappa shape index (κ1) is 11.8. The van der Waals surface area contributed by atoms with Crippen LogP contribution >= 0.6 is 0 Å². The quantitative estimate of drug-likeness (QED) is 0.814. The summed E-state index contributed by atoms with van der Waals surface area (Å²) in [6, 6.07) is 5.49. The number of fused-ring (bicyclic) bond motifs is 2. The highest BCUT2D eigenvalue weighted by Crippen LogP contribution is 2.33. The van der Waals surface area contributed by atoms with Gasteiger partial charge in [-0.05, 0) is 56.4 Å². The summed E-state index contributed by atoms with van der Waals surface area (Å²) >= 11 is 0. The van der Waals surface area contributed by atoms with Crippen LogP contribution in [0.3, 0.4) is 0 Å². The lowest BCUT2D eigenvalue weighted by atomic mass is 9.85. The maximum atomic E-state index is 13.1. The van der Waals surface area contributed by atoms with Gasteiger partial charge in [0, 0.05) is 23.6 Å². The molecular weight excluding hydrogens is 229 g/mol. The first-order chi connectivity index (χ1) is 8.63. The summed E-state index contributed by atoms with van der Waals surface area (Å²) in [6.07, 6.45) is 4.26. The molecule has 18 heavy (non-hydrogen) atoms. The SMILES string of the molecule is Cc1cc(F)ccc1C(=O)C1CC2CCC(C1)N2. The molecule has 3 heteroatoms. The molecule has 2 saturated heterocycles. The zero-order chi connectivity index (χ0) is 12.7. The number of hydrogen-bond donors (Lipinski definition) is 1. The molecule has 0 amide bonds. The fourth-order valence-electron chi connectivity index (χ4n) is 3.39. The Bertz CT molecular complexity index is 473. The third-order valence-electron chi connectivity index (χ3n) is 4.30. The molecule has 2 heterocycles. The molecule has 0 spiro atoms. The Morgan fingerprint density at radius 3 is 2.56 bits per heavy atom. The van der Waals surface area contributed by atoms with Crippen LogP contribution < -0.4 is 5.32 Å². The van der Waals surface area contributed by atoms with E-state index in [9.17, 15) is 9.18 Å². The molecule has 1 aromatic rings. The second-order valence-electron chi connectivity index (χ2n) is 5.63. The van der Waals surface area contributed by atoms with Gasteiger partial charge < -0.3 is 5.32 Å². The Balaban J connectivity index is 1.82. The number of rotatable bonds is 2. The number of carbonyl (C=O) groups is 1. The number of carbonyl (C=O) groups excluding carboxylic acids is 1. The van der Waals surface area contributed by atoms with E-state index >= 15 is 0 Å². The van der Waals surface area contributed by atoms with Gasteiger partial charge in [0.15, 0.2) is 5.78 Å². The van der Waals surface area contributed by atoms with Gasteiger partial charge in [-0.3, -0.25) is 4.79 Å². The highest BCUT2D eigenvalue weighted by Gasteiger charge is 2.37. The monoisotopic (exact) mass is 247 g/mol. The van der Waals surface area contributed by atoms with Crippen molar-refractivity contribution >= 4 is 5.78 Å². The Hall–Kier alpha value is -1.22. The fourth-order valence-corrected chi connectivity index (χ4v) is 3.39.